The van der Waals surface area contributed by atoms with E-state index in [0.717, 1.165) is 16.6 Å². The summed E-state index contributed by atoms with van der Waals surface area (Å²) in [5, 5.41) is 0.467. The Balaban J connectivity index is 2.07. The van der Waals surface area contributed by atoms with Crippen molar-refractivity contribution in [2.45, 2.75) is 13.5 Å². The lowest BCUT2D eigenvalue weighted by molar-refractivity contribution is 0.0526. The molecule has 0 bridgehead atoms. The standard InChI is InChI=1S/C17H13NO4/c1-2-21-17(20)10-5-6-13-12(8-10)15(19)16-14-11(9-22-16)4-3-7-18(13)14/h3-6,8-9H,2,7H2,1H3. The van der Waals surface area contributed by atoms with Crippen LogP contribution in [0.2, 0.25) is 0 Å². The Morgan fingerprint density at radius 2 is 2.27 bits per heavy atom. The van der Waals surface area contributed by atoms with Gasteiger partial charge in [0.1, 0.15) is 6.26 Å². The fraction of sp³-hybridized carbons (Fsp3) is 0.176. The molecule has 5 nitrogen and oxygen atoms in total. The van der Waals surface area contributed by atoms with Crippen molar-refractivity contribution in [3.05, 3.63) is 51.9 Å². The van der Waals surface area contributed by atoms with E-state index >= 15 is 0 Å². The molecule has 0 atom stereocenters. The first-order valence-corrected chi connectivity index (χ1v) is 7.12. The van der Waals surface area contributed by atoms with Crippen molar-refractivity contribution in [1.82, 2.24) is 4.57 Å². The second-order valence-corrected chi connectivity index (χ2v) is 5.16. The van der Waals surface area contributed by atoms with Crippen LogP contribution in [0.3, 0.4) is 0 Å². The highest BCUT2D eigenvalue weighted by Crippen LogP contribution is 2.28. The molecular weight excluding hydrogens is 282 g/mol. The molecule has 0 N–H and O–H groups in total. The Labute approximate surface area is 125 Å². The third-order valence-electron chi connectivity index (χ3n) is 3.90. The van der Waals surface area contributed by atoms with Crippen LogP contribution in [0.25, 0.3) is 28.1 Å². The molecule has 0 saturated carbocycles. The molecule has 0 aliphatic carbocycles. The predicted octanol–water partition coefficient (Wildman–Crippen LogP) is 2.95. The van der Waals surface area contributed by atoms with Crippen LogP contribution in [-0.4, -0.2) is 17.1 Å². The molecule has 110 valence electrons. The number of carbonyl (C=O) groups excluding carboxylic acids is 1. The highest BCUT2D eigenvalue weighted by atomic mass is 16.5. The van der Waals surface area contributed by atoms with Gasteiger partial charge in [0.15, 0.2) is 5.58 Å². The molecule has 5 heteroatoms. The Morgan fingerprint density at radius 1 is 1.41 bits per heavy atom. The number of nitrogens with zero attached hydrogens (tertiary/aromatic N) is 1. The number of allylic oxidation sites excluding steroid dienone is 1. The Bertz CT molecular complexity index is 1010. The summed E-state index contributed by atoms with van der Waals surface area (Å²) in [6.07, 6.45) is 5.55. The molecule has 2 aromatic heterocycles. The molecule has 0 spiro atoms. The number of furan rings is 1. The van der Waals surface area contributed by atoms with Crippen molar-refractivity contribution < 1.29 is 13.9 Å². The van der Waals surface area contributed by atoms with E-state index in [1.165, 1.54) is 0 Å². The van der Waals surface area contributed by atoms with E-state index in [9.17, 15) is 9.59 Å². The smallest absolute Gasteiger partial charge is 0.338 e. The molecule has 22 heavy (non-hydrogen) atoms. The third-order valence-corrected chi connectivity index (χ3v) is 3.90. The van der Waals surface area contributed by atoms with E-state index in [1.54, 1.807) is 31.4 Å². The van der Waals surface area contributed by atoms with E-state index in [2.05, 4.69) is 0 Å². The molecule has 0 fully saturated rings. The zero-order valence-electron chi connectivity index (χ0n) is 12.0. The number of aromatic nitrogens is 1. The van der Waals surface area contributed by atoms with Gasteiger partial charge in [0.2, 0.25) is 5.43 Å². The number of hydrogen-bond donors (Lipinski definition) is 0. The minimum atomic E-state index is -0.428. The maximum atomic E-state index is 12.6. The summed E-state index contributed by atoms with van der Waals surface area (Å²) in [6, 6.07) is 5.06. The zero-order valence-corrected chi connectivity index (χ0v) is 12.0. The minimum absolute atomic E-state index is 0.200. The van der Waals surface area contributed by atoms with Gasteiger partial charge in [0.25, 0.3) is 0 Å². The van der Waals surface area contributed by atoms with E-state index in [4.69, 9.17) is 9.15 Å². The average Bonchev–Trinajstić information content (AvgIpc) is 2.97. The molecule has 0 radical (unpaired) electrons. The van der Waals surface area contributed by atoms with E-state index in [0.29, 0.717) is 29.7 Å². The number of carbonyl (C=O) groups is 1. The number of ether oxygens (including phenoxy) is 1. The molecule has 0 amide bonds. The quantitative estimate of drug-likeness (QED) is 0.682. The molecule has 1 aliphatic rings. The summed E-state index contributed by atoms with van der Waals surface area (Å²) in [7, 11) is 0. The summed E-state index contributed by atoms with van der Waals surface area (Å²) >= 11 is 0. The van der Waals surface area contributed by atoms with Crippen molar-refractivity contribution in [2.75, 3.05) is 6.61 Å². The molecule has 1 aromatic carbocycles. The number of pyridine rings is 1. The van der Waals surface area contributed by atoms with Crippen LogP contribution >= 0.6 is 0 Å². The lowest BCUT2D eigenvalue weighted by atomic mass is 10.1. The average molecular weight is 295 g/mol. The van der Waals surface area contributed by atoms with Gasteiger partial charge in [-0.25, -0.2) is 4.79 Å². The van der Waals surface area contributed by atoms with E-state index in [1.807, 2.05) is 16.7 Å². The lowest BCUT2D eigenvalue weighted by Gasteiger charge is -2.14. The number of benzene rings is 1. The van der Waals surface area contributed by atoms with Gasteiger partial charge in [-0.05, 0) is 25.1 Å². The Kier molecular flexibility index (Phi) is 2.69. The third kappa shape index (κ3) is 1.65. The number of fused-ring (bicyclic) bond motifs is 2. The summed E-state index contributed by atoms with van der Waals surface area (Å²) < 4.78 is 12.5. The molecule has 0 unspecified atom stereocenters. The second kappa shape index (κ2) is 4.59. The zero-order chi connectivity index (χ0) is 15.3. The first-order valence-electron chi connectivity index (χ1n) is 7.12. The molecule has 3 aromatic rings. The lowest BCUT2D eigenvalue weighted by Crippen LogP contribution is -2.13. The first-order chi connectivity index (χ1) is 10.7. The van der Waals surface area contributed by atoms with Crippen molar-refractivity contribution in [3.63, 3.8) is 0 Å². The molecular formula is C17H13NO4. The number of hydrogen-bond acceptors (Lipinski definition) is 4. The van der Waals surface area contributed by atoms with Gasteiger partial charge in [-0.2, -0.15) is 0 Å². The maximum Gasteiger partial charge on any atom is 0.338 e. The van der Waals surface area contributed by atoms with Gasteiger partial charge in [-0.15, -0.1) is 0 Å². The van der Waals surface area contributed by atoms with Gasteiger partial charge < -0.3 is 13.7 Å². The number of esters is 1. The molecule has 0 saturated heterocycles. The van der Waals surface area contributed by atoms with Crippen LogP contribution in [0.4, 0.5) is 0 Å². The topological polar surface area (TPSA) is 61.4 Å². The van der Waals surface area contributed by atoms with Gasteiger partial charge >= 0.3 is 5.97 Å². The fourth-order valence-electron chi connectivity index (χ4n) is 2.93. The van der Waals surface area contributed by atoms with Crippen molar-refractivity contribution in [1.29, 1.82) is 0 Å². The maximum absolute atomic E-state index is 12.6. The van der Waals surface area contributed by atoms with Crippen LogP contribution < -0.4 is 5.43 Å². The van der Waals surface area contributed by atoms with Gasteiger partial charge in [-0.3, -0.25) is 4.79 Å². The summed E-state index contributed by atoms with van der Waals surface area (Å²) in [5.74, 6) is -0.428. The summed E-state index contributed by atoms with van der Waals surface area (Å²) in [4.78, 5) is 24.5. The highest BCUT2D eigenvalue weighted by molar-refractivity contribution is 5.99. The van der Waals surface area contributed by atoms with Crippen molar-refractivity contribution >= 4 is 34.0 Å². The van der Waals surface area contributed by atoms with Crippen LogP contribution in [0, 0.1) is 0 Å². The second-order valence-electron chi connectivity index (χ2n) is 5.16. The van der Waals surface area contributed by atoms with Crippen LogP contribution in [0.5, 0.6) is 0 Å². The van der Waals surface area contributed by atoms with Gasteiger partial charge in [0, 0.05) is 12.1 Å². The summed E-state index contributed by atoms with van der Waals surface area (Å²) in [5.41, 5.74) is 3.00. The van der Waals surface area contributed by atoms with Crippen LogP contribution in [0.1, 0.15) is 22.8 Å². The summed E-state index contributed by atoms with van der Waals surface area (Å²) in [6.45, 7) is 2.71. The first kappa shape index (κ1) is 12.9. The SMILES string of the molecule is CCOC(=O)c1ccc2c(c1)c(=O)c1occ3c1n2CC=C3. The Hall–Kier alpha value is -2.82. The van der Waals surface area contributed by atoms with E-state index in [-0.39, 0.29) is 5.43 Å². The van der Waals surface area contributed by atoms with Gasteiger partial charge in [-0.1, -0.05) is 12.2 Å². The monoisotopic (exact) mass is 295 g/mol. The Morgan fingerprint density at radius 3 is 3.09 bits per heavy atom. The van der Waals surface area contributed by atoms with Crippen molar-refractivity contribution in [3.8, 4) is 0 Å². The van der Waals surface area contributed by atoms with E-state index < -0.39 is 5.97 Å². The molecule has 4 rings (SSSR count). The number of rotatable bonds is 2. The highest BCUT2D eigenvalue weighted by Gasteiger charge is 2.19. The minimum Gasteiger partial charge on any atom is -0.462 e. The van der Waals surface area contributed by atoms with Crippen LogP contribution in [0.15, 0.2) is 39.7 Å². The largest absolute Gasteiger partial charge is 0.462 e. The van der Waals surface area contributed by atoms with Gasteiger partial charge in [0.05, 0.1) is 28.6 Å². The van der Waals surface area contributed by atoms with Crippen molar-refractivity contribution in [2.24, 2.45) is 0 Å². The molecule has 1 aliphatic heterocycles. The normalized spacial score (nSPS) is 13.0. The fourth-order valence-corrected chi connectivity index (χ4v) is 2.93. The van der Waals surface area contributed by atoms with Crippen LogP contribution in [-0.2, 0) is 11.3 Å². The predicted molar refractivity (Wildman–Crippen MR) is 83.0 cm³/mol. The molecule has 3 heterocycles.